The predicted molar refractivity (Wildman–Crippen MR) is 63.3 cm³/mol. The van der Waals surface area contributed by atoms with Crippen LogP contribution in [-0.2, 0) is 6.54 Å². The van der Waals surface area contributed by atoms with Gasteiger partial charge >= 0.3 is 0 Å². The van der Waals surface area contributed by atoms with E-state index in [0.29, 0.717) is 6.54 Å². The van der Waals surface area contributed by atoms with Gasteiger partial charge in [-0.3, -0.25) is 4.68 Å². The maximum Gasteiger partial charge on any atom is 0.119 e. The first-order valence-electron chi connectivity index (χ1n) is 5.21. The molecule has 16 heavy (non-hydrogen) atoms. The zero-order valence-electron chi connectivity index (χ0n) is 9.26. The minimum Gasteiger partial charge on any atom is -0.497 e. The van der Waals surface area contributed by atoms with Crippen molar-refractivity contribution in [1.29, 1.82) is 0 Å². The molecule has 1 aromatic heterocycles. The van der Waals surface area contributed by atoms with Gasteiger partial charge < -0.3 is 10.5 Å². The van der Waals surface area contributed by atoms with Crippen molar-refractivity contribution in [2.45, 2.75) is 6.54 Å². The molecule has 2 N–H and O–H groups in total. The first-order valence-corrected chi connectivity index (χ1v) is 5.21. The summed E-state index contributed by atoms with van der Waals surface area (Å²) in [4.78, 5) is 0. The molecule has 4 heteroatoms. The summed E-state index contributed by atoms with van der Waals surface area (Å²) in [6.07, 6.45) is 1.78. The molecule has 2 rings (SSSR count). The standard InChI is InChI=1S/C12H15N3O/c1-16-11-4-2-3-10(9-11)12-5-7-14-15(12)8-6-13/h2-5,7,9H,6,8,13H2,1H3. The normalized spacial score (nSPS) is 10.4. The first-order chi connectivity index (χ1) is 7.85. The van der Waals surface area contributed by atoms with E-state index in [4.69, 9.17) is 10.5 Å². The Morgan fingerprint density at radius 3 is 3.00 bits per heavy atom. The van der Waals surface area contributed by atoms with Gasteiger partial charge in [0.2, 0.25) is 0 Å². The highest BCUT2D eigenvalue weighted by Crippen LogP contribution is 2.23. The molecule has 0 fully saturated rings. The van der Waals surface area contributed by atoms with E-state index in [-0.39, 0.29) is 0 Å². The Balaban J connectivity index is 2.37. The zero-order valence-corrected chi connectivity index (χ0v) is 9.26. The van der Waals surface area contributed by atoms with Crippen molar-refractivity contribution < 1.29 is 4.74 Å². The molecule has 84 valence electrons. The monoisotopic (exact) mass is 217 g/mol. The molecule has 0 aliphatic carbocycles. The predicted octanol–water partition coefficient (Wildman–Crippen LogP) is 1.52. The van der Waals surface area contributed by atoms with E-state index in [1.54, 1.807) is 13.3 Å². The van der Waals surface area contributed by atoms with Crippen molar-refractivity contribution in [3.63, 3.8) is 0 Å². The fraction of sp³-hybridized carbons (Fsp3) is 0.250. The van der Waals surface area contributed by atoms with E-state index in [1.165, 1.54) is 0 Å². The van der Waals surface area contributed by atoms with E-state index in [0.717, 1.165) is 23.6 Å². The summed E-state index contributed by atoms with van der Waals surface area (Å²) < 4.78 is 7.10. The summed E-state index contributed by atoms with van der Waals surface area (Å²) in [5, 5.41) is 4.23. The van der Waals surface area contributed by atoms with E-state index < -0.39 is 0 Å². The lowest BCUT2D eigenvalue weighted by atomic mass is 10.1. The largest absolute Gasteiger partial charge is 0.497 e. The second kappa shape index (κ2) is 4.81. The van der Waals surface area contributed by atoms with Crippen LogP contribution in [-0.4, -0.2) is 23.4 Å². The molecule has 0 unspecified atom stereocenters. The quantitative estimate of drug-likeness (QED) is 0.844. The highest BCUT2D eigenvalue weighted by atomic mass is 16.5. The molecule has 0 aliphatic rings. The Labute approximate surface area is 94.6 Å². The van der Waals surface area contributed by atoms with Gasteiger partial charge in [0, 0.05) is 18.3 Å². The molecule has 0 atom stereocenters. The lowest BCUT2D eigenvalue weighted by Gasteiger charge is -2.07. The van der Waals surface area contributed by atoms with Gasteiger partial charge in [-0.15, -0.1) is 0 Å². The number of ether oxygens (including phenoxy) is 1. The smallest absolute Gasteiger partial charge is 0.119 e. The molecule has 0 spiro atoms. The van der Waals surface area contributed by atoms with Crippen LogP contribution in [0.1, 0.15) is 0 Å². The number of nitrogens with zero attached hydrogens (tertiary/aromatic N) is 2. The van der Waals surface area contributed by atoms with E-state index in [2.05, 4.69) is 5.10 Å². The van der Waals surface area contributed by atoms with Gasteiger partial charge in [0.05, 0.1) is 19.3 Å². The van der Waals surface area contributed by atoms with Crippen LogP contribution in [0.15, 0.2) is 36.5 Å². The minimum absolute atomic E-state index is 0.582. The SMILES string of the molecule is COc1cccc(-c2ccnn2CCN)c1. The molecular formula is C12H15N3O. The zero-order chi connectivity index (χ0) is 11.4. The third-order valence-corrected chi connectivity index (χ3v) is 2.42. The molecule has 0 saturated heterocycles. The van der Waals surface area contributed by atoms with E-state index in [9.17, 15) is 0 Å². The average molecular weight is 217 g/mol. The number of hydrogen-bond acceptors (Lipinski definition) is 3. The van der Waals surface area contributed by atoms with Crippen LogP contribution < -0.4 is 10.5 Å². The fourth-order valence-corrected chi connectivity index (χ4v) is 1.66. The van der Waals surface area contributed by atoms with Gasteiger partial charge in [-0.25, -0.2) is 0 Å². The van der Waals surface area contributed by atoms with Crippen molar-refractivity contribution in [3.8, 4) is 17.0 Å². The number of rotatable bonds is 4. The molecule has 0 radical (unpaired) electrons. The van der Waals surface area contributed by atoms with Crippen LogP contribution in [0.3, 0.4) is 0 Å². The second-order valence-electron chi connectivity index (χ2n) is 3.46. The molecule has 1 heterocycles. The molecule has 0 bridgehead atoms. The highest BCUT2D eigenvalue weighted by molar-refractivity contribution is 5.61. The summed E-state index contributed by atoms with van der Waals surface area (Å²) in [6.45, 7) is 1.30. The number of methoxy groups -OCH3 is 1. The van der Waals surface area contributed by atoms with Gasteiger partial charge in [0.15, 0.2) is 0 Å². The number of hydrogen-bond donors (Lipinski definition) is 1. The van der Waals surface area contributed by atoms with Crippen molar-refractivity contribution >= 4 is 0 Å². The van der Waals surface area contributed by atoms with Crippen molar-refractivity contribution in [3.05, 3.63) is 36.5 Å². The topological polar surface area (TPSA) is 53.1 Å². The van der Waals surface area contributed by atoms with Crippen molar-refractivity contribution in [2.75, 3.05) is 13.7 Å². The lowest BCUT2D eigenvalue weighted by molar-refractivity contribution is 0.415. The fourth-order valence-electron chi connectivity index (χ4n) is 1.66. The Kier molecular flexibility index (Phi) is 3.22. The lowest BCUT2D eigenvalue weighted by Crippen LogP contribution is -2.11. The molecule has 0 saturated carbocycles. The Morgan fingerprint density at radius 1 is 1.38 bits per heavy atom. The number of aromatic nitrogens is 2. The van der Waals surface area contributed by atoms with Crippen LogP contribution >= 0.6 is 0 Å². The van der Waals surface area contributed by atoms with Gasteiger partial charge in [0.1, 0.15) is 5.75 Å². The summed E-state index contributed by atoms with van der Waals surface area (Å²) in [5.74, 6) is 0.845. The van der Waals surface area contributed by atoms with Gasteiger partial charge in [-0.05, 0) is 18.2 Å². The maximum absolute atomic E-state index is 5.54. The van der Waals surface area contributed by atoms with Crippen LogP contribution in [0.25, 0.3) is 11.3 Å². The molecular weight excluding hydrogens is 202 g/mol. The highest BCUT2D eigenvalue weighted by Gasteiger charge is 2.05. The Bertz CT molecular complexity index is 465. The third-order valence-electron chi connectivity index (χ3n) is 2.42. The summed E-state index contributed by atoms with van der Waals surface area (Å²) in [5.41, 5.74) is 7.69. The molecule has 4 nitrogen and oxygen atoms in total. The van der Waals surface area contributed by atoms with Gasteiger partial charge in [0.25, 0.3) is 0 Å². The molecule has 0 aliphatic heterocycles. The Hall–Kier alpha value is -1.81. The average Bonchev–Trinajstić information content (AvgIpc) is 2.78. The third kappa shape index (κ3) is 2.06. The van der Waals surface area contributed by atoms with Crippen LogP contribution in [0, 0.1) is 0 Å². The second-order valence-corrected chi connectivity index (χ2v) is 3.46. The molecule has 1 aromatic carbocycles. The molecule has 0 amide bonds. The molecule has 2 aromatic rings. The maximum atomic E-state index is 5.54. The number of nitrogens with two attached hydrogens (primary N) is 1. The number of benzene rings is 1. The van der Waals surface area contributed by atoms with Crippen LogP contribution in [0.4, 0.5) is 0 Å². The van der Waals surface area contributed by atoms with Crippen LogP contribution in [0.5, 0.6) is 5.75 Å². The van der Waals surface area contributed by atoms with E-state index in [1.807, 2.05) is 35.0 Å². The summed E-state index contributed by atoms with van der Waals surface area (Å²) >= 11 is 0. The van der Waals surface area contributed by atoms with Gasteiger partial charge in [-0.2, -0.15) is 5.10 Å². The van der Waals surface area contributed by atoms with E-state index >= 15 is 0 Å². The summed E-state index contributed by atoms with van der Waals surface area (Å²) in [6, 6.07) is 9.89. The first kappa shape index (κ1) is 10.7. The summed E-state index contributed by atoms with van der Waals surface area (Å²) in [7, 11) is 1.66. The minimum atomic E-state index is 0.582. The van der Waals surface area contributed by atoms with Crippen molar-refractivity contribution in [2.24, 2.45) is 5.73 Å². The van der Waals surface area contributed by atoms with Crippen molar-refractivity contribution in [1.82, 2.24) is 9.78 Å². The Morgan fingerprint density at radius 2 is 2.25 bits per heavy atom. The van der Waals surface area contributed by atoms with Crippen LogP contribution in [0.2, 0.25) is 0 Å². The van der Waals surface area contributed by atoms with Gasteiger partial charge in [-0.1, -0.05) is 12.1 Å².